The van der Waals surface area contributed by atoms with Crippen molar-refractivity contribution in [1.29, 1.82) is 0 Å². The minimum atomic E-state index is -0.435. The number of hydrogen-bond donors (Lipinski definition) is 1. The number of hydrogen-bond acceptors (Lipinski definition) is 3. The van der Waals surface area contributed by atoms with Crippen molar-refractivity contribution >= 4 is 5.69 Å². The minimum Gasteiger partial charge on any atom is -0.330 e. The third-order valence-corrected chi connectivity index (χ3v) is 4.40. The first kappa shape index (κ1) is 14.9. The fourth-order valence-electron chi connectivity index (χ4n) is 3.21. The van der Waals surface area contributed by atoms with Crippen LogP contribution >= 0.6 is 0 Å². The van der Waals surface area contributed by atoms with Gasteiger partial charge in [0.1, 0.15) is 5.82 Å². The van der Waals surface area contributed by atoms with Crippen molar-refractivity contribution in [3.8, 4) is 0 Å². The number of rotatable bonds is 4. The molecule has 4 nitrogen and oxygen atoms in total. The van der Waals surface area contributed by atoms with Crippen molar-refractivity contribution in [1.82, 2.24) is 0 Å². The first-order chi connectivity index (χ1) is 9.56. The van der Waals surface area contributed by atoms with Crippen LogP contribution in [0.4, 0.5) is 10.1 Å². The van der Waals surface area contributed by atoms with E-state index in [2.05, 4.69) is 0 Å². The van der Waals surface area contributed by atoms with E-state index in [0.717, 1.165) is 31.7 Å². The molecule has 0 amide bonds. The molecule has 0 saturated heterocycles. The van der Waals surface area contributed by atoms with E-state index in [1.165, 1.54) is 25.0 Å². The second kappa shape index (κ2) is 6.31. The van der Waals surface area contributed by atoms with Crippen LogP contribution in [-0.2, 0) is 6.42 Å². The van der Waals surface area contributed by atoms with Crippen LogP contribution in [0.25, 0.3) is 0 Å². The van der Waals surface area contributed by atoms with E-state index in [1.807, 2.05) is 0 Å². The fourth-order valence-corrected chi connectivity index (χ4v) is 3.21. The molecule has 2 N–H and O–H groups in total. The molecule has 0 atom stereocenters. The standard InChI is InChI=1S/C15H21FN2O2/c16-13-5-6-14(18(19)20)12(9-13)10-15(11-17)7-3-1-2-4-8-15/h5-6,9H,1-4,7-8,10-11,17H2. The largest absolute Gasteiger partial charge is 0.330 e. The van der Waals surface area contributed by atoms with Gasteiger partial charge in [0.25, 0.3) is 5.69 Å². The van der Waals surface area contributed by atoms with Crippen LogP contribution in [0, 0.1) is 21.3 Å². The molecule has 1 aliphatic carbocycles. The molecule has 0 aromatic heterocycles. The second-order valence-corrected chi connectivity index (χ2v) is 5.83. The van der Waals surface area contributed by atoms with Crippen molar-refractivity contribution in [3.05, 3.63) is 39.7 Å². The maximum atomic E-state index is 13.4. The number of halogens is 1. The molecule has 5 heteroatoms. The van der Waals surface area contributed by atoms with Gasteiger partial charge in [-0.05, 0) is 43.4 Å². The molecule has 0 spiro atoms. The first-order valence-electron chi connectivity index (χ1n) is 7.19. The van der Waals surface area contributed by atoms with E-state index >= 15 is 0 Å². The van der Waals surface area contributed by atoms with Gasteiger partial charge in [0.05, 0.1) is 4.92 Å². The molecular formula is C15H21FN2O2. The van der Waals surface area contributed by atoms with Crippen molar-refractivity contribution in [2.45, 2.75) is 44.9 Å². The predicted octanol–water partition coefficient (Wildman–Crippen LogP) is 3.58. The Morgan fingerprint density at radius 3 is 2.45 bits per heavy atom. The van der Waals surface area contributed by atoms with Crippen molar-refractivity contribution in [3.63, 3.8) is 0 Å². The van der Waals surface area contributed by atoms with Gasteiger partial charge in [-0.1, -0.05) is 25.7 Å². The van der Waals surface area contributed by atoms with Gasteiger partial charge in [-0.15, -0.1) is 0 Å². The van der Waals surface area contributed by atoms with E-state index < -0.39 is 10.7 Å². The number of nitrogens with two attached hydrogens (primary N) is 1. The molecule has 0 aliphatic heterocycles. The monoisotopic (exact) mass is 280 g/mol. The summed E-state index contributed by atoms with van der Waals surface area (Å²) in [6.45, 7) is 0.501. The van der Waals surface area contributed by atoms with Gasteiger partial charge in [-0.2, -0.15) is 0 Å². The Balaban J connectivity index is 2.30. The summed E-state index contributed by atoms with van der Waals surface area (Å²) < 4.78 is 13.4. The maximum Gasteiger partial charge on any atom is 0.272 e. The van der Waals surface area contributed by atoms with Crippen LogP contribution in [0.2, 0.25) is 0 Å². The van der Waals surface area contributed by atoms with E-state index in [0.29, 0.717) is 18.5 Å². The third-order valence-electron chi connectivity index (χ3n) is 4.40. The Bertz CT molecular complexity index is 483. The Morgan fingerprint density at radius 2 is 1.90 bits per heavy atom. The average Bonchev–Trinajstić information content (AvgIpc) is 2.64. The molecular weight excluding hydrogens is 259 g/mol. The fraction of sp³-hybridized carbons (Fsp3) is 0.600. The van der Waals surface area contributed by atoms with E-state index in [9.17, 15) is 14.5 Å². The van der Waals surface area contributed by atoms with Crippen LogP contribution in [0.15, 0.2) is 18.2 Å². The topological polar surface area (TPSA) is 69.2 Å². The molecule has 1 aromatic rings. The minimum absolute atomic E-state index is 0.00321. The predicted molar refractivity (Wildman–Crippen MR) is 75.9 cm³/mol. The zero-order valence-electron chi connectivity index (χ0n) is 11.6. The van der Waals surface area contributed by atoms with Crippen molar-refractivity contribution in [2.24, 2.45) is 11.1 Å². The Kier molecular flexibility index (Phi) is 4.70. The number of benzene rings is 1. The van der Waals surface area contributed by atoms with Crippen LogP contribution < -0.4 is 5.73 Å². The van der Waals surface area contributed by atoms with Gasteiger partial charge in [-0.25, -0.2) is 4.39 Å². The molecule has 1 fully saturated rings. The summed E-state index contributed by atoms with van der Waals surface area (Å²) >= 11 is 0. The normalized spacial score (nSPS) is 18.5. The summed E-state index contributed by atoms with van der Waals surface area (Å²) in [7, 11) is 0. The molecule has 20 heavy (non-hydrogen) atoms. The number of nitrogens with zero attached hydrogens (tertiary/aromatic N) is 1. The summed E-state index contributed by atoms with van der Waals surface area (Å²) in [6, 6.07) is 3.69. The Labute approximate surface area is 118 Å². The maximum absolute atomic E-state index is 13.4. The second-order valence-electron chi connectivity index (χ2n) is 5.83. The third kappa shape index (κ3) is 3.33. The van der Waals surface area contributed by atoms with Crippen molar-refractivity contribution in [2.75, 3.05) is 6.54 Å². The molecule has 2 rings (SSSR count). The smallest absolute Gasteiger partial charge is 0.272 e. The first-order valence-corrected chi connectivity index (χ1v) is 7.19. The van der Waals surface area contributed by atoms with Gasteiger partial charge in [0, 0.05) is 11.6 Å². The summed E-state index contributed by atoms with van der Waals surface area (Å²) in [5.41, 5.74) is 6.32. The summed E-state index contributed by atoms with van der Waals surface area (Å²) in [6.07, 6.45) is 7.01. The van der Waals surface area contributed by atoms with Crippen LogP contribution in [0.1, 0.15) is 44.1 Å². The molecule has 1 saturated carbocycles. The molecule has 1 aliphatic rings. The van der Waals surface area contributed by atoms with Crippen LogP contribution in [0.5, 0.6) is 0 Å². The molecule has 1 aromatic carbocycles. The van der Waals surface area contributed by atoms with Gasteiger partial charge < -0.3 is 5.73 Å². The molecule has 0 bridgehead atoms. The highest BCUT2D eigenvalue weighted by Gasteiger charge is 2.32. The number of nitro benzene ring substituents is 1. The summed E-state index contributed by atoms with van der Waals surface area (Å²) in [5.74, 6) is -0.425. The molecule has 0 radical (unpaired) electrons. The van der Waals surface area contributed by atoms with Gasteiger partial charge in [0.2, 0.25) is 0 Å². The van der Waals surface area contributed by atoms with E-state index in [4.69, 9.17) is 5.73 Å². The number of nitro groups is 1. The Hall–Kier alpha value is -1.49. The average molecular weight is 280 g/mol. The molecule has 110 valence electrons. The summed E-state index contributed by atoms with van der Waals surface area (Å²) in [4.78, 5) is 10.7. The van der Waals surface area contributed by atoms with Gasteiger partial charge in [-0.3, -0.25) is 10.1 Å². The lowest BCUT2D eigenvalue weighted by Crippen LogP contribution is -2.32. The lowest BCUT2D eigenvalue weighted by Gasteiger charge is -2.31. The van der Waals surface area contributed by atoms with Crippen molar-refractivity contribution < 1.29 is 9.31 Å². The van der Waals surface area contributed by atoms with E-state index in [-0.39, 0.29) is 11.1 Å². The SMILES string of the molecule is NCC1(Cc2cc(F)ccc2[N+](=O)[O-])CCCCCC1. The molecule has 0 heterocycles. The molecule has 0 unspecified atom stereocenters. The Morgan fingerprint density at radius 1 is 1.25 bits per heavy atom. The lowest BCUT2D eigenvalue weighted by molar-refractivity contribution is -0.385. The zero-order valence-corrected chi connectivity index (χ0v) is 11.6. The van der Waals surface area contributed by atoms with Gasteiger partial charge in [0.15, 0.2) is 0 Å². The quantitative estimate of drug-likeness (QED) is 0.520. The highest BCUT2D eigenvalue weighted by molar-refractivity contribution is 5.41. The zero-order chi connectivity index (χ0) is 14.6. The van der Waals surface area contributed by atoms with Gasteiger partial charge >= 0.3 is 0 Å². The van der Waals surface area contributed by atoms with Crippen LogP contribution in [-0.4, -0.2) is 11.5 Å². The van der Waals surface area contributed by atoms with E-state index in [1.54, 1.807) is 0 Å². The highest BCUT2D eigenvalue weighted by atomic mass is 19.1. The van der Waals surface area contributed by atoms with Crippen LogP contribution in [0.3, 0.4) is 0 Å². The summed E-state index contributed by atoms with van der Waals surface area (Å²) in [5, 5.41) is 11.1. The highest BCUT2D eigenvalue weighted by Crippen LogP contribution is 2.39. The lowest BCUT2D eigenvalue weighted by atomic mass is 9.75.